The minimum atomic E-state index is -0.241. The average molecular weight is 217 g/mol. The average Bonchev–Trinajstić information content (AvgIpc) is 2.87. The summed E-state index contributed by atoms with van der Waals surface area (Å²) in [5.41, 5.74) is 0. The third kappa shape index (κ3) is 2.60. The second-order valence-electron chi connectivity index (χ2n) is 3.21. The van der Waals surface area contributed by atoms with Crippen molar-refractivity contribution in [3.8, 4) is 0 Å². The Bertz CT molecular complexity index is 497. The Morgan fingerprint density at radius 1 is 1.56 bits per heavy atom. The Balaban J connectivity index is 1.94. The minimum Gasteiger partial charge on any atom is -0.465 e. The van der Waals surface area contributed by atoms with Crippen LogP contribution in [0.4, 0.5) is 5.82 Å². The number of carbonyl (C=O) groups is 1. The molecule has 1 N–H and O–H groups in total. The van der Waals surface area contributed by atoms with Gasteiger partial charge in [-0.15, -0.1) is 0 Å². The van der Waals surface area contributed by atoms with Crippen LogP contribution in [0.1, 0.15) is 5.76 Å². The van der Waals surface area contributed by atoms with E-state index in [1.165, 1.54) is 6.08 Å². The maximum Gasteiger partial charge on any atom is 0.249 e. The summed E-state index contributed by atoms with van der Waals surface area (Å²) in [6, 6.07) is 5.25. The van der Waals surface area contributed by atoms with Crippen molar-refractivity contribution >= 4 is 17.8 Å². The fourth-order valence-corrected chi connectivity index (χ4v) is 1.19. The summed E-state index contributed by atoms with van der Waals surface area (Å²) in [4.78, 5) is 11.4. The van der Waals surface area contributed by atoms with Crippen LogP contribution in [-0.2, 0) is 11.8 Å². The maximum absolute atomic E-state index is 11.4. The summed E-state index contributed by atoms with van der Waals surface area (Å²) in [7, 11) is 1.79. The van der Waals surface area contributed by atoms with Gasteiger partial charge in [-0.05, 0) is 18.2 Å². The van der Waals surface area contributed by atoms with Crippen LogP contribution in [0, 0.1) is 0 Å². The van der Waals surface area contributed by atoms with E-state index in [0.717, 1.165) is 0 Å². The lowest BCUT2D eigenvalue weighted by molar-refractivity contribution is -0.111. The van der Waals surface area contributed by atoms with Crippen LogP contribution in [-0.4, -0.2) is 15.7 Å². The predicted molar refractivity (Wildman–Crippen MR) is 59.6 cm³/mol. The molecule has 0 saturated heterocycles. The second kappa shape index (κ2) is 4.48. The van der Waals surface area contributed by atoms with E-state index in [-0.39, 0.29) is 5.91 Å². The van der Waals surface area contributed by atoms with Crippen LogP contribution in [0.15, 0.2) is 41.2 Å². The fourth-order valence-electron chi connectivity index (χ4n) is 1.19. The van der Waals surface area contributed by atoms with Crippen molar-refractivity contribution < 1.29 is 9.21 Å². The third-order valence-electron chi connectivity index (χ3n) is 1.91. The Hall–Kier alpha value is -2.30. The Morgan fingerprint density at radius 2 is 2.44 bits per heavy atom. The lowest BCUT2D eigenvalue weighted by Crippen LogP contribution is -2.08. The standard InChI is InChI=1S/C11H11N3O2/c1-14-7-6-10(13-14)12-11(15)5-4-9-3-2-8-16-9/h2-8H,1H3,(H,12,13,15). The van der Waals surface area contributed by atoms with E-state index in [9.17, 15) is 4.79 Å². The number of amides is 1. The largest absolute Gasteiger partial charge is 0.465 e. The van der Waals surface area contributed by atoms with Gasteiger partial charge in [0.25, 0.3) is 0 Å². The molecule has 0 bridgehead atoms. The number of hydrogen-bond acceptors (Lipinski definition) is 3. The lowest BCUT2D eigenvalue weighted by atomic mass is 10.4. The topological polar surface area (TPSA) is 60.1 Å². The predicted octanol–water partition coefficient (Wildman–Crippen LogP) is 1.66. The van der Waals surface area contributed by atoms with Crippen molar-refractivity contribution in [2.24, 2.45) is 7.05 Å². The number of aromatic nitrogens is 2. The van der Waals surface area contributed by atoms with Crippen LogP contribution in [0.3, 0.4) is 0 Å². The summed E-state index contributed by atoms with van der Waals surface area (Å²) in [6.07, 6.45) is 6.30. The highest BCUT2D eigenvalue weighted by Gasteiger charge is 2.00. The van der Waals surface area contributed by atoms with E-state index >= 15 is 0 Å². The first-order chi connectivity index (χ1) is 7.74. The quantitative estimate of drug-likeness (QED) is 0.795. The van der Waals surface area contributed by atoms with Crippen molar-refractivity contribution in [1.82, 2.24) is 9.78 Å². The molecule has 0 unspecified atom stereocenters. The van der Waals surface area contributed by atoms with Gasteiger partial charge >= 0.3 is 0 Å². The number of furan rings is 1. The molecule has 2 heterocycles. The number of rotatable bonds is 3. The molecular formula is C11H11N3O2. The molecule has 2 aromatic rings. The zero-order chi connectivity index (χ0) is 11.4. The number of nitrogens with one attached hydrogen (secondary N) is 1. The van der Waals surface area contributed by atoms with Gasteiger partial charge < -0.3 is 9.73 Å². The van der Waals surface area contributed by atoms with E-state index in [1.807, 2.05) is 0 Å². The van der Waals surface area contributed by atoms with Gasteiger partial charge in [-0.1, -0.05) is 0 Å². The smallest absolute Gasteiger partial charge is 0.249 e. The van der Waals surface area contributed by atoms with Crippen molar-refractivity contribution in [3.05, 3.63) is 42.5 Å². The van der Waals surface area contributed by atoms with Crippen LogP contribution in [0.5, 0.6) is 0 Å². The number of hydrogen-bond donors (Lipinski definition) is 1. The molecule has 0 saturated carbocycles. The maximum atomic E-state index is 11.4. The van der Waals surface area contributed by atoms with Crippen LogP contribution >= 0.6 is 0 Å². The van der Waals surface area contributed by atoms with Gasteiger partial charge in [0.05, 0.1) is 6.26 Å². The summed E-state index contributed by atoms with van der Waals surface area (Å²) < 4.78 is 6.67. The first kappa shape index (κ1) is 10.2. The van der Waals surface area contributed by atoms with Crippen molar-refractivity contribution in [2.75, 3.05) is 5.32 Å². The van der Waals surface area contributed by atoms with Gasteiger partial charge in [0.15, 0.2) is 5.82 Å². The SMILES string of the molecule is Cn1ccc(NC(=O)C=Cc2ccco2)n1. The molecule has 0 aliphatic rings. The van der Waals surface area contributed by atoms with E-state index < -0.39 is 0 Å². The first-order valence-corrected chi connectivity index (χ1v) is 4.76. The fraction of sp³-hybridized carbons (Fsp3) is 0.0909. The van der Waals surface area contributed by atoms with Gasteiger partial charge in [-0.25, -0.2) is 0 Å². The van der Waals surface area contributed by atoms with Crippen molar-refractivity contribution in [2.45, 2.75) is 0 Å². The van der Waals surface area contributed by atoms with E-state index in [4.69, 9.17) is 4.42 Å². The van der Waals surface area contributed by atoms with Gasteiger partial charge in [-0.2, -0.15) is 5.10 Å². The van der Waals surface area contributed by atoms with Crippen LogP contribution in [0.2, 0.25) is 0 Å². The molecule has 0 radical (unpaired) electrons. The summed E-state index contributed by atoms with van der Waals surface area (Å²) in [6.45, 7) is 0. The van der Waals surface area contributed by atoms with Crippen LogP contribution in [0.25, 0.3) is 6.08 Å². The molecule has 0 spiro atoms. The molecule has 0 aromatic carbocycles. The van der Waals surface area contributed by atoms with Crippen LogP contribution < -0.4 is 5.32 Å². The molecule has 5 nitrogen and oxygen atoms in total. The van der Waals surface area contributed by atoms with E-state index in [1.54, 1.807) is 48.5 Å². The van der Waals surface area contributed by atoms with Crippen molar-refractivity contribution in [1.29, 1.82) is 0 Å². The number of nitrogens with zero attached hydrogens (tertiary/aromatic N) is 2. The molecule has 1 amide bonds. The number of carbonyl (C=O) groups excluding carboxylic acids is 1. The molecule has 5 heteroatoms. The molecule has 16 heavy (non-hydrogen) atoms. The third-order valence-corrected chi connectivity index (χ3v) is 1.91. The minimum absolute atomic E-state index is 0.241. The van der Waals surface area contributed by atoms with Gasteiger partial charge in [0.1, 0.15) is 5.76 Å². The zero-order valence-electron chi connectivity index (χ0n) is 8.75. The van der Waals surface area contributed by atoms with Gasteiger partial charge in [0.2, 0.25) is 5.91 Å². The number of anilines is 1. The molecule has 82 valence electrons. The molecule has 2 rings (SSSR count). The summed E-state index contributed by atoms with van der Waals surface area (Å²) >= 11 is 0. The monoisotopic (exact) mass is 217 g/mol. The van der Waals surface area contributed by atoms with E-state index in [0.29, 0.717) is 11.6 Å². The van der Waals surface area contributed by atoms with Crippen molar-refractivity contribution in [3.63, 3.8) is 0 Å². The molecule has 0 fully saturated rings. The summed E-state index contributed by atoms with van der Waals surface area (Å²) in [5, 5.41) is 6.65. The highest BCUT2D eigenvalue weighted by Crippen LogP contribution is 2.04. The van der Waals surface area contributed by atoms with Gasteiger partial charge in [-0.3, -0.25) is 9.48 Å². The molecule has 0 atom stereocenters. The normalized spacial score (nSPS) is 10.8. The Labute approximate surface area is 92.4 Å². The molecule has 0 aliphatic carbocycles. The first-order valence-electron chi connectivity index (χ1n) is 4.76. The highest BCUT2D eigenvalue weighted by atomic mass is 16.3. The molecule has 0 aliphatic heterocycles. The summed E-state index contributed by atoms with van der Waals surface area (Å²) in [5.74, 6) is 0.919. The van der Waals surface area contributed by atoms with Gasteiger partial charge in [0, 0.05) is 25.4 Å². The zero-order valence-corrected chi connectivity index (χ0v) is 8.75. The Kier molecular flexibility index (Phi) is 2.86. The molecular weight excluding hydrogens is 206 g/mol. The Morgan fingerprint density at radius 3 is 3.06 bits per heavy atom. The van der Waals surface area contributed by atoms with E-state index in [2.05, 4.69) is 10.4 Å². The molecule has 2 aromatic heterocycles. The number of aryl methyl sites for hydroxylation is 1. The highest BCUT2D eigenvalue weighted by molar-refractivity contribution is 6.01. The second-order valence-corrected chi connectivity index (χ2v) is 3.21. The lowest BCUT2D eigenvalue weighted by Gasteiger charge is -1.95.